The van der Waals surface area contributed by atoms with Crippen molar-refractivity contribution in [1.29, 1.82) is 0 Å². The van der Waals surface area contributed by atoms with Gasteiger partial charge in [-0.25, -0.2) is 4.79 Å². The third kappa shape index (κ3) is 5.08. The molecule has 4 nitrogen and oxygen atoms in total. The number of aromatic nitrogens is 1. The summed E-state index contributed by atoms with van der Waals surface area (Å²) in [5.41, 5.74) is 0.346. The molecule has 0 aliphatic rings. The Bertz CT molecular complexity index is 374. The molecule has 0 saturated heterocycles. The molecule has 1 heterocycles. The first kappa shape index (κ1) is 14.5. The molecule has 96 valence electrons. The maximum atomic E-state index is 11.0. The third-order valence-electron chi connectivity index (χ3n) is 2.22. The molecule has 1 rings (SSSR count). The lowest BCUT2D eigenvalue weighted by Crippen LogP contribution is -2.10. The number of hydrogen-bond donors (Lipinski definition) is 1. The van der Waals surface area contributed by atoms with Crippen LogP contribution in [0.25, 0.3) is 0 Å². The number of hydrogen-bond acceptors (Lipinski definition) is 2. The number of ether oxygens (including phenoxy) is 1. The molecule has 0 saturated carbocycles. The predicted octanol–water partition coefficient (Wildman–Crippen LogP) is 2.85. The summed E-state index contributed by atoms with van der Waals surface area (Å²) in [6, 6.07) is 1.68. The molecule has 1 aromatic heterocycles. The van der Waals surface area contributed by atoms with Crippen molar-refractivity contribution < 1.29 is 14.6 Å². The average molecular weight is 351 g/mol. The summed E-state index contributed by atoms with van der Waals surface area (Å²) in [4.78, 5) is 11.0. The van der Waals surface area contributed by atoms with E-state index in [9.17, 15) is 4.79 Å². The first-order chi connectivity index (χ1) is 8.00. The van der Waals surface area contributed by atoms with Crippen LogP contribution < -0.4 is 0 Å². The second kappa shape index (κ2) is 7.00. The average Bonchev–Trinajstić information content (AvgIpc) is 2.59. The Labute approximate surface area is 115 Å². The maximum absolute atomic E-state index is 11.0. The summed E-state index contributed by atoms with van der Waals surface area (Å²) >= 11 is 2.12. The number of carbonyl (C=O) groups is 1. The molecule has 0 radical (unpaired) electrons. The van der Waals surface area contributed by atoms with E-state index in [1.807, 2.05) is 6.20 Å². The van der Waals surface area contributed by atoms with Gasteiger partial charge >= 0.3 is 5.97 Å². The lowest BCUT2D eigenvalue weighted by molar-refractivity contribution is 0.0682. The van der Waals surface area contributed by atoms with Crippen LogP contribution in [0.1, 0.15) is 30.8 Å². The van der Waals surface area contributed by atoms with Crippen LogP contribution >= 0.6 is 22.6 Å². The number of aromatic carboxylic acids is 1. The van der Waals surface area contributed by atoms with Crippen LogP contribution in [0.5, 0.6) is 0 Å². The molecule has 0 bridgehead atoms. The second-order valence-electron chi connectivity index (χ2n) is 4.36. The van der Waals surface area contributed by atoms with Crippen molar-refractivity contribution in [2.45, 2.75) is 26.8 Å². The van der Waals surface area contributed by atoms with E-state index in [4.69, 9.17) is 9.84 Å². The molecule has 0 atom stereocenters. The van der Waals surface area contributed by atoms with Gasteiger partial charge in [-0.1, -0.05) is 13.8 Å². The summed E-state index contributed by atoms with van der Waals surface area (Å²) in [5, 5.41) is 9.00. The van der Waals surface area contributed by atoms with Gasteiger partial charge in [0.1, 0.15) is 5.69 Å². The molecular weight excluding hydrogens is 333 g/mol. The number of carboxylic acids is 1. The normalized spacial score (nSPS) is 11.1. The SMILES string of the molecule is CC(C)COCCCn1cc(I)cc1C(=O)O. The summed E-state index contributed by atoms with van der Waals surface area (Å²) in [7, 11) is 0. The van der Waals surface area contributed by atoms with Crippen LogP contribution in [0.15, 0.2) is 12.3 Å². The van der Waals surface area contributed by atoms with Gasteiger partial charge in [-0.05, 0) is 41.0 Å². The molecule has 0 fully saturated rings. The van der Waals surface area contributed by atoms with E-state index in [2.05, 4.69) is 36.4 Å². The molecule has 17 heavy (non-hydrogen) atoms. The van der Waals surface area contributed by atoms with Gasteiger partial charge in [0.15, 0.2) is 0 Å². The number of rotatable bonds is 7. The molecule has 0 unspecified atom stereocenters. The van der Waals surface area contributed by atoms with E-state index < -0.39 is 5.97 Å². The molecule has 0 aliphatic heterocycles. The second-order valence-corrected chi connectivity index (χ2v) is 5.61. The topological polar surface area (TPSA) is 51.5 Å². The van der Waals surface area contributed by atoms with Crippen LogP contribution in [0.2, 0.25) is 0 Å². The Morgan fingerprint density at radius 2 is 2.29 bits per heavy atom. The zero-order chi connectivity index (χ0) is 12.8. The molecule has 1 N–H and O–H groups in total. The van der Waals surface area contributed by atoms with Crippen molar-refractivity contribution in [3.05, 3.63) is 21.5 Å². The largest absolute Gasteiger partial charge is 0.477 e. The van der Waals surface area contributed by atoms with Crippen molar-refractivity contribution in [3.8, 4) is 0 Å². The quantitative estimate of drug-likeness (QED) is 0.607. The fourth-order valence-corrected chi connectivity index (χ4v) is 2.13. The van der Waals surface area contributed by atoms with E-state index in [0.717, 1.165) is 16.6 Å². The van der Waals surface area contributed by atoms with Gasteiger partial charge in [-0.15, -0.1) is 0 Å². The van der Waals surface area contributed by atoms with Gasteiger partial charge in [0.2, 0.25) is 0 Å². The van der Waals surface area contributed by atoms with Gasteiger partial charge in [0.25, 0.3) is 0 Å². The highest BCUT2D eigenvalue weighted by atomic mass is 127. The molecule has 1 aromatic rings. The summed E-state index contributed by atoms with van der Waals surface area (Å²) in [5.74, 6) is -0.340. The zero-order valence-corrected chi connectivity index (χ0v) is 12.3. The van der Waals surface area contributed by atoms with Crippen molar-refractivity contribution in [2.24, 2.45) is 5.92 Å². The number of carboxylic acid groups (broad SMARTS) is 1. The zero-order valence-electron chi connectivity index (χ0n) is 10.1. The lowest BCUT2D eigenvalue weighted by atomic mass is 10.2. The summed E-state index contributed by atoms with van der Waals surface area (Å²) in [6.45, 7) is 6.33. The van der Waals surface area contributed by atoms with Crippen LogP contribution in [-0.4, -0.2) is 28.9 Å². The summed E-state index contributed by atoms with van der Waals surface area (Å²) < 4.78 is 8.18. The highest BCUT2D eigenvalue weighted by molar-refractivity contribution is 14.1. The van der Waals surface area contributed by atoms with Crippen LogP contribution in [-0.2, 0) is 11.3 Å². The van der Waals surface area contributed by atoms with Crippen LogP contribution in [0.3, 0.4) is 0 Å². The smallest absolute Gasteiger partial charge is 0.352 e. The first-order valence-electron chi connectivity index (χ1n) is 5.67. The highest BCUT2D eigenvalue weighted by Crippen LogP contribution is 2.12. The maximum Gasteiger partial charge on any atom is 0.352 e. The number of aryl methyl sites for hydroxylation is 1. The molecular formula is C12H18INO3. The summed E-state index contributed by atoms with van der Waals surface area (Å²) in [6.07, 6.45) is 2.68. The minimum atomic E-state index is -0.879. The minimum absolute atomic E-state index is 0.346. The Kier molecular flexibility index (Phi) is 5.97. The minimum Gasteiger partial charge on any atom is -0.477 e. The van der Waals surface area contributed by atoms with Crippen molar-refractivity contribution in [2.75, 3.05) is 13.2 Å². The van der Waals surface area contributed by atoms with Gasteiger partial charge in [-0.3, -0.25) is 0 Å². The van der Waals surface area contributed by atoms with Crippen LogP contribution in [0.4, 0.5) is 0 Å². The molecule has 0 aliphatic carbocycles. The lowest BCUT2D eigenvalue weighted by Gasteiger charge is -2.08. The Hall–Kier alpha value is -0.560. The fourth-order valence-electron chi connectivity index (χ4n) is 1.49. The van der Waals surface area contributed by atoms with Gasteiger partial charge in [-0.2, -0.15) is 0 Å². The van der Waals surface area contributed by atoms with Crippen molar-refractivity contribution >= 4 is 28.6 Å². The highest BCUT2D eigenvalue weighted by Gasteiger charge is 2.10. The number of nitrogens with zero attached hydrogens (tertiary/aromatic N) is 1. The molecule has 0 aromatic carbocycles. The molecule has 0 spiro atoms. The molecule has 5 heteroatoms. The standard InChI is InChI=1S/C12H18INO3/c1-9(2)8-17-5-3-4-14-7-10(13)6-11(14)12(15)16/h6-7,9H,3-5,8H2,1-2H3,(H,15,16). The van der Waals surface area contributed by atoms with Crippen molar-refractivity contribution in [3.63, 3.8) is 0 Å². The third-order valence-corrected chi connectivity index (χ3v) is 2.81. The first-order valence-corrected chi connectivity index (χ1v) is 6.75. The van der Waals surface area contributed by atoms with Gasteiger partial charge in [0, 0.05) is 29.5 Å². The van der Waals surface area contributed by atoms with E-state index in [1.54, 1.807) is 10.6 Å². The fraction of sp³-hybridized carbons (Fsp3) is 0.583. The van der Waals surface area contributed by atoms with E-state index in [-0.39, 0.29) is 0 Å². The van der Waals surface area contributed by atoms with Gasteiger partial charge < -0.3 is 14.4 Å². The van der Waals surface area contributed by atoms with Crippen LogP contribution in [0, 0.1) is 9.49 Å². The van der Waals surface area contributed by atoms with Gasteiger partial charge in [0.05, 0.1) is 0 Å². The van der Waals surface area contributed by atoms with Crippen molar-refractivity contribution in [1.82, 2.24) is 4.57 Å². The van der Waals surface area contributed by atoms with E-state index in [1.165, 1.54) is 0 Å². The Morgan fingerprint density at radius 1 is 1.59 bits per heavy atom. The van der Waals surface area contributed by atoms with E-state index >= 15 is 0 Å². The monoisotopic (exact) mass is 351 g/mol. The Morgan fingerprint density at radius 3 is 2.88 bits per heavy atom. The van der Waals surface area contributed by atoms with E-state index in [0.29, 0.717) is 24.8 Å². The Balaban J connectivity index is 2.38. The predicted molar refractivity (Wildman–Crippen MR) is 74.4 cm³/mol. The molecule has 0 amide bonds. The number of halogens is 1.